The fraction of sp³-hybridized carbons (Fsp3) is 0.409. The second-order valence-corrected chi connectivity index (χ2v) is 7.14. The second-order valence-electron chi connectivity index (χ2n) is 7.14. The van der Waals surface area contributed by atoms with Gasteiger partial charge in [0, 0.05) is 12.6 Å². The fourth-order valence-corrected chi connectivity index (χ4v) is 2.90. The van der Waals surface area contributed by atoms with Crippen LogP contribution in [0.5, 0.6) is 5.75 Å². The molecule has 0 spiro atoms. The van der Waals surface area contributed by atoms with Crippen LogP contribution in [0.2, 0.25) is 0 Å². The molecule has 0 bridgehead atoms. The van der Waals surface area contributed by atoms with Crippen molar-refractivity contribution in [3.63, 3.8) is 0 Å². The van der Waals surface area contributed by atoms with Crippen molar-refractivity contribution in [3.05, 3.63) is 65.2 Å². The predicted molar refractivity (Wildman–Crippen MR) is 113 cm³/mol. The van der Waals surface area contributed by atoms with E-state index in [0.717, 1.165) is 17.7 Å². The van der Waals surface area contributed by atoms with E-state index in [2.05, 4.69) is 4.74 Å². The van der Waals surface area contributed by atoms with Crippen molar-refractivity contribution in [2.75, 3.05) is 27.3 Å². The van der Waals surface area contributed by atoms with Gasteiger partial charge in [0.05, 0.1) is 18.8 Å². The summed E-state index contributed by atoms with van der Waals surface area (Å²) in [6.07, 6.45) is -4.81. The molecule has 0 aromatic heterocycles. The Bertz CT molecular complexity index is 830. The van der Waals surface area contributed by atoms with Crippen molar-refractivity contribution in [1.82, 2.24) is 4.90 Å². The number of halogens is 4. The van der Waals surface area contributed by atoms with Gasteiger partial charge in [-0.1, -0.05) is 24.3 Å². The van der Waals surface area contributed by atoms with Crippen molar-refractivity contribution in [2.45, 2.75) is 31.7 Å². The Kier molecular flexibility index (Phi) is 10.3. The minimum Gasteiger partial charge on any atom is -0.482 e. The Morgan fingerprint density at radius 1 is 1.16 bits per heavy atom. The van der Waals surface area contributed by atoms with Gasteiger partial charge in [-0.2, -0.15) is 13.2 Å². The van der Waals surface area contributed by atoms with E-state index in [4.69, 9.17) is 4.74 Å². The minimum atomic E-state index is -4.44. The number of hydrogen-bond acceptors (Lipinski definition) is 5. The van der Waals surface area contributed by atoms with E-state index >= 15 is 0 Å². The number of aliphatic hydroxyl groups is 1. The molecule has 1 N–H and O–H groups in total. The smallest absolute Gasteiger partial charge is 0.416 e. The van der Waals surface area contributed by atoms with Crippen LogP contribution in [0, 0.1) is 0 Å². The number of aliphatic hydroxyl groups excluding tert-OH is 1. The summed E-state index contributed by atoms with van der Waals surface area (Å²) in [5.74, 6) is 0.0822. The van der Waals surface area contributed by atoms with Crippen LogP contribution in [0.1, 0.15) is 29.7 Å². The number of carbonyl (C=O) groups is 1. The number of methoxy groups -OCH3 is 1. The molecule has 172 valence electrons. The van der Waals surface area contributed by atoms with Gasteiger partial charge in [0.25, 0.3) is 0 Å². The molecule has 2 aromatic carbocycles. The van der Waals surface area contributed by atoms with Crippen LogP contribution < -0.4 is 4.74 Å². The normalized spacial score (nSPS) is 13.3. The van der Waals surface area contributed by atoms with Gasteiger partial charge in [-0.25, -0.2) is 4.79 Å². The lowest BCUT2D eigenvalue weighted by molar-refractivity contribution is -0.143. The highest BCUT2D eigenvalue weighted by Gasteiger charge is 2.31. The average molecular weight is 462 g/mol. The van der Waals surface area contributed by atoms with Crippen LogP contribution in [0.3, 0.4) is 0 Å². The topological polar surface area (TPSA) is 59.0 Å². The molecule has 2 aromatic rings. The second kappa shape index (κ2) is 11.9. The standard InChI is InChI=1S/C22H26F3NO4.ClH/c1-15(11-16-7-9-19(10-8-16)30-14-21(28)29-3)26(2)13-20(27)17-5-4-6-18(12-17)22(23,24)25;/h4-10,12,15,20,27H,11,13-14H2,1-3H3;1H. The monoisotopic (exact) mass is 461 g/mol. The molecule has 0 saturated heterocycles. The van der Waals surface area contributed by atoms with Crippen molar-refractivity contribution in [1.29, 1.82) is 0 Å². The average Bonchev–Trinajstić information content (AvgIpc) is 2.72. The first-order valence-electron chi connectivity index (χ1n) is 9.44. The first-order valence-corrected chi connectivity index (χ1v) is 9.44. The van der Waals surface area contributed by atoms with E-state index in [1.165, 1.54) is 19.2 Å². The number of nitrogens with zero attached hydrogens (tertiary/aromatic N) is 1. The molecule has 9 heteroatoms. The summed E-state index contributed by atoms with van der Waals surface area (Å²) in [5.41, 5.74) is 0.480. The molecule has 0 fully saturated rings. The zero-order valence-corrected chi connectivity index (χ0v) is 18.4. The molecule has 0 heterocycles. The summed E-state index contributed by atoms with van der Waals surface area (Å²) in [7, 11) is 3.10. The number of likely N-dealkylation sites (N-methyl/N-ethyl adjacent to an activating group) is 1. The summed E-state index contributed by atoms with van der Waals surface area (Å²) >= 11 is 0. The van der Waals surface area contributed by atoms with E-state index in [1.807, 2.05) is 31.0 Å². The minimum absolute atomic E-state index is 0. The number of carbonyl (C=O) groups excluding carboxylic acids is 1. The lowest BCUT2D eigenvalue weighted by Gasteiger charge is -2.27. The van der Waals surface area contributed by atoms with Crippen LogP contribution in [0.15, 0.2) is 48.5 Å². The molecular weight excluding hydrogens is 435 g/mol. The maximum absolute atomic E-state index is 12.9. The van der Waals surface area contributed by atoms with Crippen LogP contribution in [-0.4, -0.2) is 49.3 Å². The highest BCUT2D eigenvalue weighted by molar-refractivity contribution is 5.85. The molecule has 0 radical (unpaired) electrons. The molecule has 0 amide bonds. The zero-order valence-electron chi connectivity index (χ0n) is 17.6. The molecule has 2 atom stereocenters. The summed E-state index contributed by atoms with van der Waals surface area (Å²) in [6.45, 7) is 2.01. The Balaban J connectivity index is 0.00000480. The van der Waals surface area contributed by atoms with E-state index in [-0.39, 0.29) is 37.2 Å². The van der Waals surface area contributed by atoms with Crippen LogP contribution in [-0.2, 0) is 22.1 Å². The number of benzene rings is 2. The lowest BCUT2D eigenvalue weighted by Crippen LogP contribution is -2.34. The maximum Gasteiger partial charge on any atom is 0.416 e. The van der Waals surface area contributed by atoms with E-state index in [9.17, 15) is 23.1 Å². The van der Waals surface area contributed by atoms with Gasteiger partial charge in [-0.15, -0.1) is 12.4 Å². The molecule has 5 nitrogen and oxygen atoms in total. The third-order valence-corrected chi connectivity index (χ3v) is 4.85. The van der Waals surface area contributed by atoms with Gasteiger partial charge < -0.3 is 19.5 Å². The summed E-state index contributed by atoms with van der Waals surface area (Å²) in [5, 5.41) is 10.4. The van der Waals surface area contributed by atoms with Crippen molar-refractivity contribution in [3.8, 4) is 5.75 Å². The largest absolute Gasteiger partial charge is 0.482 e. The molecule has 0 aliphatic heterocycles. The van der Waals surface area contributed by atoms with E-state index in [0.29, 0.717) is 12.2 Å². The van der Waals surface area contributed by atoms with E-state index < -0.39 is 23.8 Å². The molecule has 0 saturated carbocycles. The molecule has 0 aliphatic rings. The van der Waals surface area contributed by atoms with Gasteiger partial charge in [-0.05, 0) is 55.8 Å². The van der Waals surface area contributed by atoms with Gasteiger partial charge in [0.15, 0.2) is 6.61 Å². The Hall–Kier alpha value is -2.29. The van der Waals surface area contributed by atoms with Crippen LogP contribution in [0.25, 0.3) is 0 Å². The zero-order chi connectivity index (χ0) is 22.3. The Labute approximate surface area is 186 Å². The van der Waals surface area contributed by atoms with Gasteiger partial charge in [0.1, 0.15) is 5.75 Å². The number of hydrogen-bond donors (Lipinski definition) is 1. The molecular formula is C22H27ClF3NO4. The third kappa shape index (κ3) is 8.40. The molecule has 31 heavy (non-hydrogen) atoms. The number of ether oxygens (including phenoxy) is 2. The van der Waals surface area contributed by atoms with Crippen molar-refractivity contribution in [2.24, 2.45) is 0 Å². The van der Waals surface area contributed by atoms with Crippen molar-refractivity contribution < 1.29 is 32.5 Å². The lowest BCUT2D eigenvalue weighted by atomic mass is 10.0. The van der Waals surface area contributed by atoms with Gasteiger partial charge in [-0.3, -0.25) is 0 Å². The van der Waals surface area contributed by atoms with Crippen LogP contribution >= 0.6 is 12.4 Å². The number of alkyl halides is 3. The van der Waals surface area contributed by atoms with E-state index in [1.54, 1.807) is 12.1 Å². The van der Waals surface area contributed by atoms with Gasteiger partial charge in [0.2, 0.25) is 0 Å². The highest BCUT2D eigenvalue weighted by atomic mass is 35.5. The van der Waals surface area contributed by atoms with Crippen molar-refractivity contribution >= 4 is 18.4 Å². The highest BCUT2D eigenvalue weighted by Crippen LogP contribution is 2.31. The summed E-state index contributed by atoms with van der Waals surface area (Å²) in [6, 6.07) is 12.1. The summed E-state index contributed by atoms with van der Waals surface area (Å²) < 4.78 is 48.4. The first-order chi connectivity index (χ1) is 14.1. The van der Waals surface area contributed by atoms with Gasteiger partial charge >= 0.3 is 12.1 Å². The Morgan fingerprint density at radius 3 is 2.39 bits per heavy atom. The fourth-order valence-electron chi connectivity index (χ4n) is 2.90. The molecule has 0 aliphatic carbocycles. The maximum atomic E-state index is 12.9. The number of rotatable bonds is 9. The van der Waals surface area contributed by atoms with Crippen LogP contribution in [0.4, 0.5) is 13.2 Å². The summed E-state index contributed by atoms with van der Waals surface area (Å²) in [4.78, 5) is 13.0. The predicted octanol–water partition coefficient (Wildman–Crippen LogP) is 4.28. The number of esters is 1. The first kappa shape index (κ1) is 26.7. The quantitative estimate of drug-likeness (QED) is 0.565. The molecule has 2 unspecified atom stereocenters. The Morgan fingerprint density at radius 2 is 1.81 bits per heavy atom. The SMILES string of the molecule is COC(=O)COc1ccc(CC(C)N(C)CC(O)c2cccc(C(F)(F)F)c2)cc1.Cl. The third-order valence-electron chi connectivity index (χ3n) is 4.85. The molecule has 2 rings (SSSR count).